The number of hydrogen-bond acceptors (Lipinski definition) is 6. The summed E-state index contributed by atoms with van der Waals surface area (Å²) in [6.07, 6.45) is 0.510. The molecule has 0 saturated carbocycles. The summed E-state index contributed by atoms with van der Waals surface area (Å²) in [4.78, 5) is 10.4. The Bertz CT molecular complexity index is 458. The molecule has 1 aliphatic rings. The van der Waals surface area contributed by atoms with Crippen LogP contribution in [0.1, 0.15) is 6.42 Å². The van der Waals surface area contributed by atoms with Gasteiger partial charge in [-0.05, 0) is 12.1 Å². The zero-order valence-electron chi connectivity index (χ0n) is 9.76. The third-order valence-electron chi connectivity index (χ3n) is 2.94. The van der Waals surface area contributed by atoms with E-state index in [1.807, 2.05) is 0 Å². The number of nitro groups is 1. The molecular weight excluding hydrogens is 238 g/mol. The average Bonchev–Trinajstić information content (AvgIpc) is 2.73. The lowest BCUT2D eigenvalue weighted by Gasteiger charge is -2.21. The molecule has 1 unspecified atom stereocenters. The minimum atomic E-state index is -0.974. The molecule has 7 heteroatoms. The smallest absolute Gasteiger partial charge is 0.314 e. The Kier molecular flexibility index (Phi) is 3.35. The van der Waals surface area contributed by atoms with Gasteiger partial charge in [0.05, 0.1) is 11.5 Å². The van der Waals surface area contributed by atoms with E-state index in [-0.39, 0.29) is 24.5 Å². The van der Waals surface area contributed by atoms with Crippen molar-refractivity contribution in [2.24, 2.45) is 0 Å². The van der Waals surface area contributed by atoms with Gasteiger partial charge in [0, 0.05) is 19.6 Å². The van der Waals surface area contributed by atoms with E-state index in [1.54, 1.807) is 12.1 Å². The van der Waals surface area contributed by atoms with Crippen molar-refractivity contribution in [3.63, 3.8) is 0 Å². The maximum absolute atomic E-state index is 10.9. The highest BCUT2D eigenvalue weighted by atomic mass is 16.6. The van der Waals surface area contributed by atoms with Crippen LogP contribution in [0.2, 0.25) is 0 Å². The van der Waals surface area contributed by atoms with Crippen molar-refractivity contribution >= 4 is 17.1 Å². The molecule has 1 heterocycles. The van der Waals surface area contributed by atoms with E-state index in [9.17, 15) is 15.2 Å². The van der Waals surface area contributed by atoms with Gasteiger partial charge in [-0.25, -0.2) is 0 Å². The largest absolute Gasteiger partial charge is 0.393 e. The normalized spacial score (nSPS) is 22.9. The average molecular weight is 253 g/mol. The number of benzene rings is 1. The van der Waals surface area contributed by atoms with E-state index in [4.69, 9.17) is 10.5 Å². The fraction of sp³-hybridized carbons (Fsp3) is 0.455. The van der Waals surface area contributed by atoms with Crippen LogP contribution in [0, 0.1) is 10.1 Å². The van der Waals surface area contributed by atoms with E-state index in [2.05, 4.69) is 5.32 Å². The first kappa shape index (κ1) is 12.6. The molecule has 0 aliphatic carbocycles. The van der Waals surface area contributed by atoms with Crippen LogP contribution in [-0.2, 0) is 4.74 Å². The van der Waals surface area contributed by atoms with Gasteiger partial charge in [0.25, 0.3) is 0 Å². The van der Waals surface area contributed by atoms with Crippen LogP contribution in [0.25, 0.3) is 0 Å². The monoisotopic (exact) mass is 253 g/mol. The molecule has 2 rings (SSSR count). The number of anilines is 2. The molecule has 1 aromatic carbocycles. The summed E-state index contributed by atoms with van der Waals surface area (Å²) in [6, 6.07) is 4.66. The van der Waals surface area contributed by atoms with Crippen LogP contribution in [0.15, 0.2) is 18.2 Å². The summed E-state index contributed by atoms with van der Waals surface area (Å²) >= 11 is 0. The Balaban J connectivity index is 2.14. The molecule has 0 amide bonds. The Morgan fingerprint density at radius 1 is 1.61 bits per heavy atom. The molecule has 7 nitrogen and oxygen atoms in total. The fourth-order valence-corrected chi connectivity index (χ4v) is 1.90. The predicted octanol–water partition coefficient (Wildman–Crippen LogP) is 0.740. The van der Waals surface area contributed by atoms with E-state index in [1.165, 1.54) is 6.07 Å². The molecule has 0 radical (unpaired) electrons. The first-order chi connectivity index (χ1) is 8.52. The third-order valence-corrected chi connectivity index (χ3v) is 2.94. The topological polar surface area (TPSA) is 111 Å². The summed E-state index contributed by atoms with van der Waals surface area (Å²) in [5.41, 5.74) is 4.83. The lowest BCUT2D eigenvalue weighted by Crippen LogP contribution is -2.37. The summed E-state index contributed by atoms with van der Waals surface area (Å²) in [7, 11) is 0. The van der Waals surface area contributed by atoms with Crippen LogP contribution in [-0.4, -0.2) is 35.4 Å². The van der Waals surface area contributed by atoms with Gasteiger partial charge in [0.1, 0.15) is 17.0 Å². The van der Waals surface area contributed by atoms with E-state index < -0.39 is 10.5 Å². The molecule has 4 N–H and O–H groups in total. The molecule has 1 fully saturated rings. The number of nitrogens with zero attached hydrogens (tertiary/aromatic N) is 1. The third kappa shape index (κ3) is 2.52. The molecular formula is C11H15N3O4. The van der Waals surface area contributed by atoms with Gasteiger partial charge in [-0.15, -0.1) is 0 Å². The lowest BCUT2D eigenvalue weighted by molar-refractivity contribution is -0.383. The minimum Gasteiger partial charge on any atom is -0.393 e. The van der Waals surface area contributed by atoms with Gasteiger partial charge >= 0.3 is 5.69 Å². The summed E-state index contributed by atoms with van der Waals surface area (Å²) < 4.78 is 5.10. The Labute approximate surface area is 104 Å². The SMILES string of the molecule is Nc1cccc(NCC2(O)CCOC2)c1[N+](=O)[O-]. The highest BCUT2D eigenvalue weighted by Gasteiger charge is 2.32. The molecule has 1 aromatic rings. The predicted molar refractivity (Wildman–Crippen MR) is 66.4 cm³/mol. The minimum absolute atomic E-state index is 0.0969. The molecule has 98 valence electrons. The second-order valence-electron chi connectivity index (χ2n) is 4.38. The Morgan fingerprint density at radius 3 is 3.00 bits per heavy atom. The van der Waals surface area contributed by atoms with E-state index in [0.29, 0.717) is 18.7 Å². The quantitative estimate of drug-likeness (QED) is 0.414. The van der Waals surface area contributed by atoms with Gasteiger partial charge < -0.3 is 20.9 Å². The first-order valence-corrected chi connectivity index (χ1v) is 5.59. The zero-order valence-corrected chi connectivity index (χ0v) is 9.76. The number of ether oxygens (including phenoxy) is 1. The zero-order chi connectivity index (χ0) is 13.2. The number of para-hydroxylation sites is 1. The van der Waals surface area contributed by atoms with Gasteiger partial charge in [-0.3, -0.25) is 10.1 Å². The molecule has 0 aromatic heterocycles. The molecule has 1 atom stereocenters. The van der Waals surface area contributed by atoms with Crippen molar-refractivity contribution in [2.45, 2.75) is 12.0 Å². The van der Waals surface area contributed by atoms with Crippen molar-refractivity contribution in [2.75, 3.05) is 30.8 Å². The molecule has 18 heavy (non-hydrogen) atoms. The van der Waals surface area contributed by atoms with Gasteiger partial charge in [-0.2, -0.15) is 0 Å². The number of aliphatic hydroxyl groups is 1. The summed E-state index contributed by atoms with van der Waals surface area (Å²) in [5.74, 6) is 0. The highest BCUT2D eigenvalue weighted by Crippen LogP contribution is 2.31. The van der Waals surface area contributed by atoms with Crippen LogP contribution in [0.4, 0.5) is 17.1 Å². The van der Waals surface area contributed by atoms with Crippen molar-refractivity contribution in [1.29, 1.82) is 0 Å². The maximum atomic E-state index is 10.9. The van der Waals surface area contributed by atoms with Crippen LogP contribution < -0.4 is 11.1 Å². The molecule has 0 spiro atoms. The van der Waals surface area contributed by atoms with Crippen molar-refractivity contribution in [3.05, 3.63) is 28.3 Å². The van der Waals surface area contributed by atoms with Gasteiger partial charge in [-0.1, -0.05) is 6.07 Å². The van der Waals surface area contributed by atoms with Crippen LogP contribution in [0.3, 0.4) is 0 Å². The first-order valence-electron chi connectivity index (χ1n) is 5.59. The molecule has 1 saturated heterocycles. The van der Waals surface area contributed by atoms with Crippen LogP contribution >= 0.6 is 0 Å². The molecule has 1 aliphatic heterocycles. The van der Waals surface area contributed by atoms with Gasteiger partial charge in [0.15, 0.2) is 0 Å². The molecule has 0 bridgehead atoms. The van der Waals surface area contributed by atoms with Crippen LogP contribution in [0.5, 0.6) is 0 Å². The second kappa shape index (κ2) is 4.79. The highest BCUT2D eigenvalue weighted by molar-refractivity contribution is 5.74. The van der Waals surface area contributed by atoms with Crippen molar-refractivity contribution in [3.8, 4) is 0 Å². The lowest BCUT2D eigenvalue weighted by atomic mass is 10.0. The number of nitrogen functional groups attached to an aromatic ring is 1. The number of nitrogens with two attached hydrogens (primary N) is 1. The number of rotatable bonds is 4. The summed E-state index contributed by atoms with van der Waals surface area (Å²) in [6.45, 7) is 0.921. The maximum Gasteiger partial charge on any atom is 0.314 e. The standard InChI is InChI=1S/C11H15N3O4/c12-8-2-1-3-9(10(8)14(16)17)13-6-11(15)4-5-18-7-11/h1-3,13,15H,4-7,12H2. The van der Waals surface area contributed by atoms with Crippen molar-refractivity contribution in [1.82, 2.24) is 0 Å². The summed E-state index contributed by atoms with van der Waals surface area (Å²) in [5, 5.41) is 23.8. The van der Waals surface area contributed by atoms with E-state index in [0.717, 1.165) is 0 Å². The van der Waals surface area contributed by atoms with Gasteiger partial charge in [0.2, 0.25) is 0 Å². The van der Waals surface area contributed by atoms with Crippen molar-refractivity contribution < 1.29 is 14.8 Å². The number of nitro benzene ring substituents is 1. The van der Waals surface area contributed by atoms with E-state index >= 15 is 0 Å². The number of nitrogens with one attached hydrogen (secondary N) is 1. The number of hydrogen-bond donors (Lipinski definition) is 3. The second-order valence-corrected chi connectivity index (χ2v) is 4.38. The Morgan fingerprint density at radius 2 is 2.39 bits per heavy atom. The Hall–Kier alpha value is -1.86. The fourth-order valence-electron chi connectivity index (χ4n) is 1.90.